The number of rotatable bonds is 3. The molecule has 0 spiro atoms. The summed E-state index contributed by atoms with van der Waals surface area (Å²) in [5.41, 5.74) is 1.01. The van der Waals surface area contributed by atoms with Gasteiger partial charge in [-0.05, 0) is 31.5 Å². The van der Waals surface area contributed by atoms with Crippen molar-refractivity contribution in [3.8, 4) is 0 Å². The fraction of sp³-hybridized carbons (Fsp3) is 0.500. The van der Waals surface area contributed by atoms with Crippen LogP contribution in [0.1, 0.15) is 18.5 Å². The first-order valence-corrected chi connectivity index (χ1v) is 5.61. The minimum atomic E-state index is -0.675. The van der Waals surface area contributed by atoms with E-state index >= 15 is 0 Å². The Kier molecular flexibility index (Phi) is 7.91. The first kappa shape index (κ1) is 17.2. The number of carboxylic acids is 1. The SMILES string of the molecule is Cl.Cl.O=C(O)C1CCCN(Cc2ccccn2)C1. The maximum atomic E-state index is 10.9. The number of aromatic nitrogens is 1. The quantitative estimate of drug-likeness (QED) is 0.928. The summed E-state index contributed by atoms with van der Waals surface area (Å²) in [5.74, 6) is -0.886. The molecule has 4 nitrogen and oxygen atoms in total. The predicted molar refractivity (Wildman–Crippen MR) is 74.4 cm³/mol. The summed E-state index contributed by atoms with van der Waals surface area (Å²) in [6.45, 7) is 2.37. The van der Waals surface area contributed by atoms with Crippen LogP contribution >= 0.6 is 24.8 Å². The highest BCUT2D eigenvalue weighted by Crippen LogP contribution is 2.17. The van der Waals surface area contributed by atoms with Crippen LogP contribution in [0.4, 0.5) is 0 Å². The summed E-state index contributed by atoms with van der Waals surface area (Å²) in [4.78, 5) is 17.3. The number of piperidine rings is 1. The predicted octanol–water partition coefficient (Wildman–Crippen LogP) is 2.22. The molecule has 2 rings (SSSR count). The van der Waals surface area contributed by atoms with Gasteiger partial charge in [-0.25, -0.2) is 0 Å². The van der Waals surface area contributed by atoms with E-state index in [9.17, 15) is 4.79 Å². The van der Waals surface area contributed by atoms with Gasteiger partial charge in [-0.3, -0.25) is 14.7 Å². The molecule has 0 radical (unpaired) electrons. The molecule has 1 atom stereocenters. The van der Waals surface area contributed by atoms with Crippen LogP contribution < -0.4 is 0 Å². The molecule has 1 unspecified atom stereocenters. The third kappa shape index (κ3) is 4.80. The number of aliphatic carboxylic acids is 1. The van der Waals surface area contributed by atoms with E-state index in [2.05, 4.69) is 9.88 Å². The third-order valence-corrected chi connectivity index (χ3v) is 2.97. The molecule has 0 amide bonds. The molecular formula is C12H18Cl2N2O2. The van der Waals surface area contributed by atoms with Crippen LogP contribution in [0.15, 0.2) is 24.4 Å². The number of carboxylic acid groups (broad SMARTS) is 1. The van der Waals surface area contributed by atoms with Gasteiger partial charge in [-0.1, -0.05) is 6.07 Å². The summed E-state index contributed by atoms with van der Waals surface area (Å²) in [7, 11) is 0. The Morgan fingerprint density at radius 1 is 1.44 bits per heavy atom. The summed E-state index contributed by atoms with van der Waals surface area (Å²) in [6, 6.07) is 5.82. The van der Waals surface area contributed by atoms with Crippen LogP contribution in [0.5, 0.6) is 0 Å². The van der Waals surface area contributed by atoms with E-state index < -0.39 is 5.97 Å². The van der Waals surface area contributed by atoms with E-state index in [4.69, 9.17) is 5.11 Å². The summed E-state index contributed by atoms with van der Waals surface area (Å²) >= 11 is 0. The average molecular weight is 293 g/mol. The zero-order valence-electron chi connectivity index (χ0n) is 9.99. The summed E-state index contributed by atoms with van der Waals surface area (Å²) < 4.78 is 0. The fourth-order valence-corrected chi connectivity index (χ4v) is 2.12. The second-order valence-electron chi connectivity index (χ2n) is 4.23. The highest BCUT2D eigenvalue weighted by molar-refractivity contribution is 5.85. The molecule has 1 aromatic heterocycles. The standard InChI is InChI=1S/C12H16N2O2.2ClH/c15-12(16)10-4-3-7-14(8-10)9-11-5-1-2-6-13-11;;/h1-2,5-6,10H,3-4,7-9H2,(H,15,16);2*1H. The van der Waals surface area contributed by atoms with Crippen molar-refractivity contribution in [3.63, 3.8) is 0 Å². The molecule has 1 fully saturated rings. The first-order valence-electron chi connectivity index (χ1n) is 5.61. The molecule has 1 aliphatic rings. The van der Waals surface area contributed by atoms with Crippen molar-refractivity contribution < 1.29 is 9.90 Å². The Morgan fingerprint density at radius 2 is 2.22 bits per heavy atom. The van der Waals surface area contributed by atoms with Gasteiger partial charge in [-0.2, -0.15) is 0 Å². The second kappa shape index (κ2) is 8.29. The van der Waals surface area contributed by atoms with Gasteiger partial charge in [0, 0.05) is 19.3 Å². The second-order valence-corrected chi connectivity index (χ2v) is 4.23. The number of nitrogens with zero attached hydrogens (tertiary/aromatic N) is 2. The molecule has 1 aromatic rings. The van der Waals surface area contributed by atoms with Crippen molar-refractivity contribution in [2.24, 2.45) is 5.92 Å². The Balaban J connectivity index is 0.00000144. The minimum Gasteiger partial charge on any atom is -0.481 e. The number of halogens is 2. The molecule has 6 heteroatoms. The van der Waals surface area contributed by atoms with Crippen molar-refractivity contribution >= 4 is 30.8 Å². The van der Waals surface area contributed by atoms with Gasteiger partial charge >= 0.3 is 5.97 Å². The number of hydrogen-bond donors (Lipinski definition) is 1. The molecule has 1 N–H and O–H groups in total. The van der Waals surface area contributed by atoms with Crippen LogP contribution in [0.25, 0.3) is 0 Å². The fourth-order valence-electron chi connectivity index (χ4n) is 2.12. The third-order valence-electron chi connectivity index (χ3n) is 2.97. The van der Waals surface area contributed by atoms with E-state index in [1.54, 1.807) is 6.20 Å². The van der Waals surface area contributed by atoms with Crippen molar-refractivity contribution in [3.05, 3.63) is 30.1 Å². The molecule has 0 aliphatic carbocycles. The van der Waals surface area contributed by atoms with Crippen molar-refractivity contribution in [1.82, 2.24) is 9.88 Å². The zero-order valence-corrected chi connectivity index (χ0v) is 11.6. The summed E-state index contributed by atoms with van der Waals surface area (Å²) in [5, 5.41) is 8.98. The van der Waals surface area contributed by atoms with Gasteiger partial charge in [0.1, 0.15) is 0 Å². The monoisotopic (exact) mass is 292 g/mol. The molecule has 1 aliphatic heterocycles. The maximum Gasteiger partial charge on any atom is 0.307 e. The molecule has 18 heavy (non-hydrogen) atoms. The van der Waals surface area contributed by atoms with Gasteiger partial charge in [-0.15, -0.1) is 24.8 Å². The molecule has 0 aromatic carbocycles. The number of hydrogen-bond acceptors (Lipinski definition) is 3. The van der Waals surface area contributed by atoms with Gasteiger partial charge < -0.3 is 5.11 Å². The zero-order chi connectivity index (χ0) is 11.4. The van der Waals surface area contributed by atoms with E-state index in [1.807, 2.05) is 18.2 Å². The number of likely N-dealkylation sites (tertiary alicyclic amines) is 1. The van der Waals surface area contributed by atoms with Gasteiger partial charge in [0.25, 0.3) is 0 Å². The maximum absolute atomic E-state index is 10.9. The van der Waals surface area contributed by atoms with Crippen molar-refractivity contribution in [1.29, 1.82) is 0 Å². The summed E-state index contributed by atoms with van der Waals surface area (Å²) in [6.07, 6.45) is 3.53. The highest BCUT2D eigenvalue weighted by atomic mass is 35.5. The molecular weight excluding hydrogens is 275 g/mol. The smallest absolute Gasteiger partial charge is 0.307 e. The lowest BCUT2D eigenvalue weighted by atomic mass is 9.98. The van der Waals surface area contributed by atoms with Crippen molar-refractivity contribution in [2.75, 3.05) is 13.1 Å². The van der Waals surface area contributed by atoms with E-state index in [1.165, 1.54) is 0 Å². The lowest BCUT2D eigenvalue weighted by molar-refractivity contribution is -0.143. The van der Waals surface area contributed by atoms with Crippen LogP contribution in [0.3, 0.4) is 0 Å². The van der Waals surface area contributed by atoms with Crippen LogP contribution in [0.2, 0.25) is 0 Å². The van der Waals surface area contributed by atoms with Gasteiger partial charge in [0.15, 0.2) is 0 Å². The Bertz CT molecular complexity index is 362. The lowest BCUT2D eigenvalue weighted by Gasteiger charge is -2.30. The van der Waals surface area contributed by atoms with Crippen LogP contribution in [0, 0.1) is 5.92 Å². The van der Waals surface area contributed by atoms with Gasteiger partial charge in [0.2, 0.25) is 0 Å². The molecule has 0 bridgehead atoms. The Labute approximate surface area is 119 Å². The lowest BCUT2D eigenvalue weighted by Crippen LogP contribution is -2.38. The van der Waals surface area contributed by atoms with Crippen molar-refractivity contribution in [2.45, 2.75) is 19.4 Å². The van der Waals surface area contributed by atoms with E-state index in [0.29, 0.717) is 6.54 Å². The minimum absolute atomic E-state index is 0. The molecule has 102 valence electrons. The molecule has 1 saturated heterocycles. The molecule has 2 heterocycles. The topological polar surface area (TPSA) is 53.4 Å². The first-order chi connectivity index (χ1) is 7.75. The van der Waals surface area contributed by atoms with E-state index in [0.717, 1.165) is 31.6 Å². The van der Waals surface area contributed by atoms with Crippen LogP contribution in [-0.4, -0.2) is 34.0 Å². The van der Waals surface area contributed by atoms with E-state index in [-0.39, 0.29) is 30.7 Å². The Hall–Kier alpha value is -0.840. The van der Waals surface area contributed by atoms with Gasteiger partial charge in [0.05, 0.1) is 11.6 Å². The van der Waals surface area contributed by atoms with Crippen LogP contribution in [-0.2, 0) is 11.3 Å². The molecule has 0 saturated carbocycles. The largest absolute Gasteiger partial charge is 0.481 e. The number of carbonyl (C=O) groups is 1. The Morgan fingerprint density at radius 3 is 2.83 bits per heavy atom. The normalized spacial score (nSPS) is 19.4. The highest BCUT2D eigenvalue weighted by Gasteiger charge is 2.25. The number of pyridine rings is 1. The average Bonchev–Trinajstić information content (AvgIpc) is 2.30.